The van der Waals surface area contributed by atoms with E-state index in [4.69, 9.17) is 4.99 Å². The normalized spacial score (nSPS) is 30.3. The van der Waals surface area contributed by atoms with Crippen LogP contribution in [0.1, 0.15) is 52.2 Å². The Bertz CT molecular complexity index is 1580. The number of hydrogen-bond acceptors (Lipinski definition) is 4. The number of carbonyl (C=O) groups excluding carboxylic acids is 1. The van der Waals surface area contributed by atoms with Crippen LogP contribution in [-0.2, 0) is 5.54 Å². The first-order valence-electron chi connectivity index (χ1n) is 14.2. The maximum absolute atomic E-state index is 14.6. The highest BCUT2D eigenvalue weighted by atomic mass is 16.1. The van der Waals surface area contributed by atoms with E-state index >= 15 is 0 Å². The lowest BCUT2D eigenvalue weighted by Gasteiger charge is -2.45. The van der Waals surface area contributed by atoms with Crippen LogP contribution in [0.5, 0.6) is 0 Å². The summed E-state index contributed by atoms with van der Waals surface area (Å²) >= 11 is 0. The van der Waals surface area contributed by atoms with E-state index < -0.39 is 5.54 Å². The lowest BCUT2D eigenvalue weighted by Crippen LogP contribution is -2.50. The minimum absolute atomic E-state index is 0.0611. The molecule has 0 radical (unpaired) electrons. The van der Waals surface area contributed by atoms with Gasteiger partial charge in [-0.2, -0.15) is 0 Å². The third-order valence-electron chi connectivity index (χ3n) is 9.49. The number of nitrogens with one attached hydrogen (secondary N) is 1. The summed E-state index contributed by atoms with van der Waals surface area (Å²) in [7, 11) is 0. The molecule has 0 saturated carbocycles. The Balaban J connectivity index is 1.43. The molecular formula is C35H31N3O. The van der Waals surface area contributed by atoms with E-state index in [1.54, 1.807) is 0 Å². The zero-order chi connectivity index (χ0) is 26.0. The van der Waals surface area contributed by atoms with Gasteiger partial charge in [-0.15, -0.1) is 0 Å². The highest BCUT2D eigenvalue weighted by molar-refractivity contribution is 6.06. The molecule has 192 valence electrons. The number of aliphatic imine (C=N–C) groups is 1. The van der Waals surface area contributed by atoms with Crippen LogP contribution in [-0.4, -0.2) is 35.0 Å². The number of piperidine rings is 1. The molecule has 2 aliphatic carbocycles. The van der Waals surface area contributed by atoms with E-state index in [-0.39, 0.29) is 29.7 Å². The van der Waals surface area contributed by atoms with Gasteiger partial charge in [-0.3, -0.25) is 14.7 Å². The minimum Gasteiger partial charge on any atom is -0.371 e. The number of fused-ring (bicyclic) bond motifs is 7. The molecule has 1 unspecified atom stereocenters. The highest BCUT2D eigenvalue weighted by Gasteiger charge is 2.67. The van der Waals surface area contributed by atoms with Gasteiger partial charge in [0.15, 0.2) is 5.78 Å². The highest BCUT2D eigenvalue weighted by Crippen LogP contribution is 2.65. The fraction of sp³-hybridized carbons (Fsp3) is 0.257. The summed E-state index contributed by atoms with van der Waals surface area (Å²) in [5.41, 5.74) is 7.25. The summed E-state index contributed by atoms with van der Waals surface area (Å²) in [6, 6.07) is 29.7. The molecule has 3 heterocycles. The molecule has 1 N–H and O–H groups in total. The second-order valence-corrected chi connectivity index (χ2v) is 11.3. The average Bonchev–Trinajstić information content (AvgIpc) is 3.47. The number of carbonyl (C=O) groups is 1. The molecule has 5 atom stereocenters. The fourth-order valence-corrected chi connectivity index (χ4v) is 8.08. The summed E-state index contributed by atoms with van der Waals surface area (Å²) < 4.78 is 0. The molecule has 1 spiro atoms. The molecule has 3 aromatic carbocycles. The van der Waals surface area contributed by atoms with E-state index in [1.165, 1.54) is 16.7 Å². The molecule has 4 nitrogen and oxygen atoms in total. The molecule has 8 rings (SSSR count). The lowest BCUT2D eigenvalue weighted by atomic mass is 9.68. The quantitative estimate of drug-likeness (QED) is 0.424. The zero-order valence-electron chi connectivity index (χ0n) is 21.8. The van der Waals surface area contributed by atoms with Crippen molar-refractivity contribution in [1.29, 1.82) is 0 Å². The molecule has 0 aromatic heterocycles. The van der Waals surface area contributed by atoms with Crippen LogP contribution < -0.4 is 5.32 Å². The maximum atomic E-state index is 14.6. The van der Waals surface area contributed by atoms with Gasteiger partial charge in [0, 0.05) is 29.0 Å². The van der Waals surface area contributed by atoms with Gasteiger partial charge in [-0.1, -0.05) is 110 Å². The molecule has 0 amide bonds. The largest absolute Gasteiger partial charge is 0.371 e. The first-order valence-corrected chi connectivity index (χ1v) is 14.2. The van der Waals surface area contributed by atoms with Crippen molar-refractivity contribution in [2.75, 3.05) is 6.54 Å². The van der Waals surface area contributed by atoms with Crippen molar-refractivity contribution in [1.82, 2.24) is 10.2 Å². The molecular weight excluding hydrogens is 478 g/mol. The van der Waals surface area contributed by atoms with E-state index in [9.17, 15) is 4.79 Å². The lowest BCUT2D eigenvalue weighted by molar-refractivity contribution is 0.0754. The summed E-state index contributed by atoms with van der Waals surface area (Å²) in [6.07, 6.45) is 11.8. The van der Waals surface area contributed by atoms with Crippen LogP contribution >= 0.6 is 0 Å². The minimum atomic E-state index is -0.520. The van der Waals surface area contributed by atoms with Crippen molar-refractivity contribution < 1.29 is 4.79 Å². The van der Waals surface area contributed by atoms with Gasteiger partial charge < -0.3 is 5.32 Å². The maximum Gasteiger partial charge on any atom is 0.168 e. The van der Waals surface area contributed by atoms with Gasteiger partial charge in [0.25, 0.3) is 0 Å². The van der Waals surface area contributed by atoms with Gasteiger partial charge >= 0.3 is 0 Å². The topological polar surface area (TPSA) is 44.7 Å². The third-order valence-corrected chi connectivity index (χ3v) is 9.49. The Morgan fingerprint density at radius 3 is 2.51 bits per heavy atom. The Morgan fingerprint density at radius 2 is 1.67 bits per heavy atom. The number of allylic oxidation sites excluding steroid dienone is 2. The number of hydrogen-bond donors (Lipinski definition) is 1. The predicted octanol–water partition coefficient (Wildman–Crippen LogP) is 6.25. The van der Waals surface area contributed by atoms with Crippen molar-refractivity contribution in [3.05, 3.63) is 137 Å². The van der Waals surface area contributed by atoms with Crippen molar-refractivity contribution in [2.45, 2.75) is 42.8 Å². The van der Waals surface area contributed by atoms with E-state index in [2.05, 4.69) is 89.1 Å². The smallest absolute Gasteiger partial charge is 0.168 e. The average molecular weight is 510 g/mol. The number of nitrogens with zero attached hydrogens (tertiary/aromatic N) is 2. The molecule has 5 aliphatic rings. The van der Waals surface area contributed by atoms with Gasteiger partial charge in [-0.05, 0) is 36.6 Å². The second-order valence-electron chi connectivity index (χ2n) is 11.3. The van der Waals surface area contributed by atoms with Crippen molar-refractivity contribution in [3.8, 4) is 0 Å². The molecule has 39 heavy (non-hydrogen) atoms. The van der Waals surface area contributed by atoms with Gasteiger partial charge in [0.1, 0.15) is 0 Å². The van der Waals surface area contributed by atoms with E-state index in [0.717, 1.165) is 48.5 Å². The van der Waals surface area contributed by atoms with Gasteiger partial charge in [0.2, 0.25) is 0 Å². The molecule has 0 bridgehead atoms. The monoisotopic (exact) mass is 509 g/mol. The predicted molar refractivity (Wildman–Crippen MR) is 155 cm³/mol. The van der Waals surface area contributed by atoms with Crippen LogP contribution in [0, 0.1) is 5.92 Å². The van der Waals surface area contributed by atoms with Gasteiger partial charge in [-0.25, -0.2) is 0 Å². The Labute approximate surface area is 229 Å². The Morgan fingerprint density at radius 1 is 0.897 bits per heavy atom. The fourth-order valence-electron chi connectivity index (χ4n) is 8.08. The van der Waals surface area contributed by atoms with E-state index in [1.807, 2.05) is 30.3 Å². The van der Waals surface area contributed by atoms with Gasteiger partial charge in [0.05, 0.1) is 28.7 Å². The van der Waals surface area contributed by atoms with Crippen LogP contribution in [0.2, 0.25) is 0 Å². The van der Waals surface area contributed by atoms with Crippen molar-refractivity contribution in [2.24, 2.45) is 10.9 Å². The van der Waals surface area contributed by atoms with Crippen LogP contribution in [0.15, 0.2) is 120 Å². The summed E-state index contributed by atoms with van der Waals surface area (Å²) in [6.45, 7) is 0.960. The van der Waals surface area contributed by atoms with Crippen LogP contribution in [0.3, 0.4) is 0 Å². The van der Waals surface area contributed by atoms with Crippen molar-refractivity contribution in [3.63, 3.8) is 0 Å². The first-order chi connectivity index (χ1) is 19.3. The number of Topliss-reactive ketones (excluding diaryl/α,β-unsaturated/α-hetero) is 1. The Hall–Kier alpha value is -4.02. The standard InChI is InChI=1S/C35H31N3O/c39-33(24-15-5-2-6-16-24)30-29-21-11-12-22-38(29)35(31(30)23-13-3-1-4-14-23)26-18-8-7-17-25(26)32-34(35)37-28-20-10-9-19-27(28)36-32/h1-10,13-20,27,29-31,36H,11-12,21-22H2/t27?,29-,30-,31+,35+/m1/s1. The van der Waals surface area contributed by atoms with Crippen molar-refractivity contribution >= 4 is 17.2 Å². The summed E-state index contributed by atoms with van der Waals surface area (Å²) in [5, 5.41) is 3.87. The number of rotatable bonds is 3. The first kappa shape index (κ1) is 22.9. The number of benzene rings is 3. The molecule has 2 fully saturated rings. The molecule has 2 saturated heterocycles. The SMILES string of the molecule is O=C(c1ccccc1)[C@@H]1[C@H]2CCCCN2[C@]2(C3=C(NC4C=CC=CC4=N3)c3ccccc32)[C@H]1c1ccccc1. The van der Waals surface area contributed by atoms with E-state index in [0.29, 0.717) is 0 Å². The van der Waals surface area contributed by atoms with Crippen LogP contribution in [0.4, 0.5) is 0 Å². The second kappa shape index (κ2) is 8.75. The molecule has 3 aromatic rings. The third kappa shape index (κ3) is 3.15. The summed E-state index contributed by atoms with van der Waals surface area (Å²) in [5.74, 6) is 0.0169. The zero-order valence-corrected chi connectivity index (χ0v) is 21.8. The molecule has 3 aliphatic heterocycles. The molecule has 4 heteroatoms. The number of ketones is 1. The summed E-state index contributed by atoms with van der Waals surface area (Å²) in [4.78, 5) is 22.8. The van der Waals surface area contributed by atoms with Crippen LogP contribution in [0.25, 0.3) is 5.70 Å². The Kier molecular flexibility index (Phi) is 5.14.